The molecule has 124 valence electrons. The molecule has 1 aliphatic heterocycles. The van der Waals surface area contributed by atoms with Crippen molar-refractivity contribution in [3.63, 3.8) is 0 Å². The maximum Gasteiger partial charge on any atom is 0.122 e. The van der Waals surface area contributed by atoms with Gasteiger partial charge in [0.1, 0.15) is 11.5 Å². The summed E-state index contributed by atoms with van der Waals surface area (Å²) < 4.78 is 10.7. The number of hydrogen-bond acceptors (Lipinski definition) is 6. The van der Waals surface area contributed by atoms with Gasteiger partial charge in [0.05, 0.1) is 25.4 Å². The molecule has 1 aromatic carbocycles. The lowest BCUT2D eigenvalue weighted by Gasteiger charge is -2.17. The zero-order valence-electron chi connectivity index (χ0n) is 13.6. The summed E-state index contributed by atoms with van der Waals surface area (Å²) in [4.78, 5) is 6.78. The van der Waals surface area contributed by atoms with Crippen LogP contribution in [-0.2, 0) is 13.1 Å². The predicted octanol–water partition coefficient (Wildman–Crippen LogP) is 2.52. The summed E-state index contributed by atoms with van der Waals surface area (Å²) >= 11 is 1.65. The van der Waals surface area contributed by atoms with E-state index in [-0.39, 0.29) is 0 Å². The van der Waals surface area contributed by atoms with Crippen LogP contribution in [0.2, 0.25) is 0 Å². The standard InChI is InChI=1S/C17H23N3O2S/c1-21-16-5-13(6-17(7-16)22-2)9-20-4-3-14(10-20)18-8-15-11-23-12-19-15/h5-7,11-12,14,18H,3-4,8-10H2,1-2H3. The molecule has 0 bridgehead atoms. The Kier molecular flexibility index (Phi) is 5.48. The molecule has 1 fully saturated rings. The van der Waals surface area contributed by atoms with Gasteiger partial charge in [0.15, 0.2) is 0 Å². The van der Waals surface area contributed by atoms with Crippen LogP contribution in [0.4, 0.5) is 0 Å². The van der Waals surface area contributed by atoms with Crippen LogP contribution in [0.3, 0.4) is 0 Å². The van der Waals surface area contributed by atoms with Crippen molar-refractivity contribution >= 4 is 11.3 Å². The van der Waals surface area contributed by atoms with Crippen molar-refractivity contribution in [2.75, 3.05) is 27.3 Å². The average molecular weight is 333 g/mol. The van der Waals surface area contributed by atoms with Crippen molar-refractivity contribution in [3.05, 3.63) is 40.3 Å². The SMILES string of the molecule is COc1cc(CN2CCC(NCc3cscn3)C2)cc(OC)c1. The topological polar surface area (TPSA) is 46.6 Å². The third-order valence-corrected chi connectivity index (χ3v) is 4.78. The Balaban J connectivity index is 1.53. The molecule has 23 heavy (non-hydrogen) atoms. The van der Waals surface area contributed by atoms with Gasteiger partial charge in [0.2, 0.25) is 0 Å². The van der Waals surface area contributed by atoms with E-state index in [2.05, 4.69) is 32.7 Å². The van der Waals surface area contributed by atoms with Crippen molar-refractivity contribution in [3.8, 4) is 11.5 Å². The van der Waals surface area contributed by atoms with Crippen molar-refractivity contribution < 1.29 is 9.47 Å². The molecule has 2 heterocycles. The van der Waals surface area contributed by atoms with E-state index in [1.54, 1.807) is 25.6 Å². The molecular weight excluding hydrogens is 310 g/mol. The summed E-state index contributed by atoms with van der Waals surface area (Å²) in [7, 11) is 3.37. The van der Waals surface area contributed by atoms with Gasteiger partial charge in [-0.05, 0) is 24.1 Å². The van der Waals surface area contributed by atoms with E-state index in [0.29, 0.717) is 6.04 Å². The number of rotatable bonds is 7. The number of nitrogens with one attached hydrogen (secondary N) is 1. The molecule has 0 spiro atoms. The summed E-state index contributed by atoms with van der Waals surface area (Å²) in [5.41, 5.74) is 4.24. The van der Waals surface area contributed by atoms with Crippen LogP contribution in [0.5, 0.6) is 11.5 Å². The fraction of sp³-hybridized carbons (Fsp3) is 0.471. The molecule has 0 aliphatic carbocycles. The third kappa shape index (κ3) is 4.43. The maximum absolute atomic E-state index is 5.35. The van der Waals surface area contributed by atoms with Crippen molar-refractivity contribution in [1.29, 1.82) is 0 Å². The van der Waals surface area contributed by atoms with Gasteiger partial charge in [-0.25, -0.2) is 4.98 Å². The van der Waals surface area contributed by atoms with E-state index in [1.165, 1.54) is 12.0 Å². The van der Waals surface area contributed by atoms with Crippen molar-refractivity contribution in [1.82, 2.24) is 15.2 Å². The monoisotopic (exact) mass is 333 g/mol. The number of ether oxygens (including phenoxy) is 2. The Morgan fingerprint density at radius 3 is 2.70 bits per heavy atom. The molecule has 1 aromatic heterocycles. The third-order valence-electron chi connectivity index (χ3n) is 4.15. The second-order valence-electron chi connectivity index (χ2n) is 5.80. The van der Waals surface area contributed by atoms with Crippen LogP contribution < -0.4 is 14.8 Å². The Bertz CT molecular complexity index is 596. The van der Waals surface area contributed by atoms with E-state index < -0.39 is 0 Å². The van der Waals surface area contributed by atoms with Gasteiger partial charge >= 0.3 is 0 Å². The van der Waals surface area contributed by atoms with Crippen LogP contribution in [0.25, 0.3) is 0 Å². The lowest BCUT2D eigenvalue weighted by molar-refractivity contribution is 0.317. The molecule has 1 unspecified atom stereocenters. The number of methoxy groups -OCH3 is 2. The molecule has 2 aromatic rings. The fourth-order valence-electron chi connectivity index (χ4n) is 2.93. The molecule has 0 radical (unpaired) electrons. The van der Waals surface area contributed by atoms with Gasteiger partial charge in [-0.1, -0.05) is 0 Å². The van der Waals surface area contributed by atoms with Crippen molar-refractivity contribution in [2.24, 2.45) is 0 Å². The average Bonchev–Trinajstić information content (AvgIpc) is 3.24. The Labute approximate surface area is 141 Å². The molecule has 1 saturated heterocycles. The molecule has 1 atom stereocenters. The largest absolute Gasteiger partial charge is 0.497 e. The summed E-state index contributed by atoms with van der Waals surface area (Å²) in [6, 6.07) is 6.60. The van der Waals surface area contributed by atoms with E-state index in [4.69, 9.17) is 9.47 Å². The number of likely N-dealkylation sites (tertiary alicyclic amines) is 1. The second-order valence-corrected chi connectivity index (χ2v) is 6.52. The normalized spacial score (nSPS) is 18.3. The Morgan fingerprint density at radius 2 is 2.04 bits per heavy atom. The van der Waals surface area contributed by atoms with Crippen molar-refractivity contribution in [2.45, 2.75) is 25.6 Å². The molecule has 1 aliphatic rings. The molecule has 0 saturated carbocycles. The number of thiazole rings is 1. The van der Waals surface area contributed by atoms with Crippen LogP contribution in [0.15, 0.2) is 29.1 Å². The lowest BCUT2D eigenvalue weighted by atomic mass is 10.2. The lowest BCUT2D eigenvalue weighted by Crippen LogP contribution is -2.32. The van der Waals surface area contributed by atoms with Gasteiger partial charge in [-0.3, -0.25) is 4.90 Å². The minimum absolute atomic E-state index is 0.532. The van der Waals surface area contributed by atoms with Crippen LogP contribution in [-0.4, -0.2) is 43.2 Å². The zero-order valence-corrected chi connectivity index (χ0v) is 14.4. The minimum atomic E-state index is 0.532. The zero-order chi connectivity index (χ0) is 16.1. The fourth-order valence-corrected chi connectivity index (χ4v) is 3.49. The minimum Gasteiger partial charge on any atom is -0.497 e. The molecule has 6 heteroatoms. The molecule has 1 N–H and O–H groups in total. The number of aromatic nitrogens is 1. The summed E-state index contributed by atoms with van der Waals surface area (Å²) in [5, 5.41) is 5.70. The number of nitrogens with zero attached hydrogens (tertiary/aromatic N) is 2. The number of benzene rings is 1. The quantitative estimate of drug-likeness (QED) is 0.844. The van der Waals surface area contributed by atoms with Gasteiger partial charge < -0.3 is 14.8 Å². The Morgan fingerprint density at radius 1 is 1.26 bits per heavy atom. The Hall–Kier alpha value is -1.63. The molecule has 5 nitrogen and oxygen atoms in total. The van der Waals surface area contributed by atoms with Gasteiger partial charge in [-0.2, -0.15) is 0 Å². The van der Waals surface area contributed by atoms with Crippen LogP contribution in [0, 0.1) is 0 Å². The smallest absolute Gasteiger partial charge is 0.122 e. The highest BCUT2D eigenvalue weighted by atomic mass is 32.1. The van der Waals surface area contributed by atoms with Gasteiger partial charge in [0, 0.05) is 43.7 Å². The van der Waals surface area contributed by atoms with E-state index in [9.17, 15) is 0 Å². The summed E-state index contributed by atoms with van der Waals surface area (Å²) in [6.07, 6.45) is 1.17. The van der Waals surface area contributed by atoms with Crippen LogP contribution in [0.1, 0.15) is 17.7 Å². The maximum atomic E-state index is 5.35. The highest BCUT2D eigenvalue weighted by Crippen LogP contribution is 2.24. The van der Waals surface area contributed by atoms with Gasteiger partial charge in [-0.15, -0.1) is 11.3 Å². The van der Waals surface area contributed by atoms with E-state index in [0.717, 1.165) is 43.4 Å². The van der Waals surface area contributed by atoms with E-state index >= 15 is 0 Å². The second kappa shape index (κ2) is 7.77. The highest BCUT2D eigenvalue weighted by Gasteiger charge is 2.22. The summed E-state index contributed by atoms with van der Waals surface area (Å²) in [5.74, 6) is 1.69. The first-order valence-electron chi connectivity index (χ1n) is 7.81. The van der Waals surface area contributed by atoms with Gasteiger partial charge in [0.25, 0.3) is 0 Å². The van der Waals surface area contributed by atoms with Crippen LogP contribution >= 0.6 is 11.3 Å². The van der Waals surface area contributed by atoms with E-state index in [1.807, 2.05) is 11.6 Å². The number of hydrogen-bond donors (Lipinski definition) is 1. The molecule has 0 amide bonds. The molecular formula is C17H23N3O2S. The predicted molar refractivity (Wildman–Crippen MR) is 92.2 cm³/mol. The first-order valence-corrected chi connectivity index (χ1v) is 8.76. The summed E-state index contributed by atoms with van der Waals surface area (Å²) in [6.45, 7) is 3.94. The first-order chi connectivity index (χ1) is 11.3. The first kappa shape index (κ1) is 16.2. The molecule has 3 rings (SSSR count). The highest BCUT2D eigenvalue weighted by molar-refractivity contribution is 7.07.